The Balaban J connectivity index is 1.74. The first kappa shape index (κ1) is 23.4. The molecule has 3 aromatic rings. The lowest BCUT2D eigenvalue weighted by molar-refractivity contribution is -0.122. The van der Waals surface area contributed by atoms with Gasteiger partial charge in [0.2, 0.25) is 0 Å². The van der Waals surface area contributed by atoms with Gasteiger partial charge in [-0.25, -0.2) is 0 Å². The molecule has 2 aromatic carbocycles. The number of benzene rings is 2. The summed E-state index contributed by atoms with van der Waals surface area (Å²) in [6.45, 7) is 10.5. The number of nitrogens with one attached hydrogen (secondary N) is 1. The predicted octanol–water partition coefficient (Wildman–Crippen LogP) is 4.94. The standard InChI is InChI=1S/C27H27N3O3S/c1-6-33-23-9-7-8-21(15-23)30-26(32)24(25(31)28-27(30)34)14-20-13-18(4)29(19(20)5)22-11-10-16(2)17(3)12-22/h7-15H,6H2,1-5H3,(H,28,31,34)/b24-14-. The Morgan fingerprint density at radius 1 is 0.971 bits per heavy atom. The van der Waals surface area contributed by atoms with Gasteiger partial charge < -0.3 is 9.30 Å². The quantitative estimate of drug-likeness (QED) is 0.324. The van der Waals surface area contributed by atoms with E-state index in [-0.39, 0.29) is 10.7 Å². The Kier molecular flexibility index (Phi) is 6.39. The van der Waals surface area contributed by atoms with E-state index in [0.29, 0.717) is 18.0 Å². The molecular weight excluding hydrogens is 446 g/mol. The first-order valence-electron chi connectivity index (χ1n) is 11.1. The Bertz CT molecular complexity index is 1350. The number of carbonyl (C=O) groups excluding carboxylic acids is 2. The topological polar surface area (TPSA) is 63.6 Å². The van der Waals surface area contributed by atoms with Crippen molar-refractivity contribution in [2.75, 3.05) is 11.5 Å². The van der Waals surface area contributed by atoms with Crippen LogP contribution in [-0.4, -0.2) is 28.1 Å². The number of anilines is 1. The van der Waals surface area contributed by atoms with Crippen molar-refractivity contribution < 1.29 is 14.3 Å². The fraction of sp³-hybridized carbons (Fsp3) is 0.222. The molecular formula is C27H27N3O3S. The molecule has 0 spiro atoms. The van der Waals surface area contributed by atoms with E-state index < -0.39 is 11.8 Å². The summed E-state index contributed by atoms with van der Waals surface area (Å²) in [6.07, 6.45) is 1.64. The Hall–Kier alpha value is -3.71. The van der Waals surface area contributed by atoms with Crippen molar-refractivity contribution in [3.8, 4) is 11.4 Å². The SMILES string of the molecule is CCOc1cccc(N2C(=O)/C(=C\c3cc(C)n(-c4ccc(C)c(C)c4)c3C)C(=O)NC2=S)c1. The number of carbonyl (C=O) groups is 2. The second-order valence-electron chi connectivity index (χ2n) is 8.32. The zero-order valence-electron chi connectivity index (χ0n) is 19.9. The van der Waals surface area contributed by atoms with Gasteiger partial charge >= 0.3 is 0 Å². The molecule has 1 aliphatic heterocycles. The van der Waals surface area contributed by atoms with Gasteiger partial charge in [-0.05, 0) is 99.9 Å². The monoisotopic (exact) mass is 473 g/mol. The number of hydrogen-bond donors (Lipinski definition) is 1. The minimum absolute atomic E-state index is 0.0238. The molecule has 174 valence electrons. The van der Waals surface area contributed by atoms with E-state index in [0.717, 1.165) is 22.6 Å². The number of aromatic nitrogens is 1. The highest BCUT2D eigenvalue weighted by molar-refractivity contribution is 7.80. The second kappa shape index (κ2) is 9.27. The van der Waals surface area contributed by atoms with Gasteiger partial charge in [-0.15, -0.1) is 0 Å². The van der Waals surface area contributed by atoms with Crippen LogP contribution in [0.25, 0.3) is 11.8 Å². The van der Waals surface area contributed by atoms with Gasteiger partial charge in [-0.1, -0.05) is 12.1 Å². The van der Waals surface area contributed by atoms with Gasteiger partial charge in [0.25, 0.3) is 11.8 Å². The smallest absolute Gasteiger partial charge is 0.270 e. The zero-order valence-corrected chi connectivity index (χ0v) is 20.7. The van der Waals surface area contributed by atoms with Crippen molar-refractivity contribution in [3.05, 3.63) is 82.2 Å². The molecule has 0 unspecified atom stereocenters. The van der Waals surface area contributed by atoms with Crippen LogP contribution in [0.15, 0.2) is 54.1 Å². The molecule has 1 aromatic heterocycles. The number of nitrogens with zero attached hydrogens (tertiary/aromatic N) is 2. The van der Waals surface area contributed by atoms with Gasteiger partial charge in [0.05, 0.1) is 12.3 Å². The molecule has 34 heavy (non-hydrogen) atoms. The van der Waals surface area contributed by atoms with E-state index in [4.69, 9.17) is 17.0 Å². The molecule has 1 N–H and O–H groups in total. The van der Waals surface area contributed by atoms with Crippen LogP contribution in [0, 0.1) is 27.7 Å². The van der Waals surface area contributed by atoms with Crippen molar-refractivity contribution in [3.63, 3.8) is 0 Å². The van der Waals surface area contributed by atoms with Crippen molar-refractivity contribution >= 4 is 40.9 Å². The predicted molar refractivity (Wildman–Crippen MR) is 139 cm³/mol. The van der Waals surface area contributed by atoms with Gasteiger partial charge in [-0.3, -0.25) is 19.8 Å². The fourth-order valence-corrected chi connectivity index (χ4v) is 4.40. The lowest BCUT2D eigenvalue weighted by atomic mass is 10.1. The van der Waals surface area contributed by atoms with Gasteiger partial charge in [-0.2, -0.15) is 0 Å². The Morgan fingerprint density at radius 2 is 1.74 bits per heavy atom. The Labute approximate surface area is 204 Å². The van der Waals surface area contributed by atoms with Gasteiger partial charge in [0.15, 0.2) is 5.11 Å². The minimum Gasteiger partial charge on any atom is -0.494 e. The van der Waals surface area contributed by atoms with Crippen LogP contribution in [0.2, 0.25) is 0 Å². The summed E-state index contributed by atoms with van der Waals surface area (Å²) in [5.74, 6) is -0.364. The number of hydrogen-bond acceptors (Lipinski definition) is 4. The van der Waals surface area contributed by atoms with Crippen LogP contribution in [0.3, 0.4) is 0 Å². The maximum Gasteiger partial charge on any atom is 0.270 e. The van der Waals surface area contributed by atoms with E-state index in [1.165, 1.54) is 16.0 Å². The summed E-state index contributed by atoms with van der Waals surface area (Å²) >= 11 is 5.33. The second-order valence-corrected chi connectivity index (χ2v) is 8.71. The molecule has 1 aliphatic rings. The summed E-state index contributed by atoms with van der Waals surface area (Å²) in [4.78, 5) is 27.5. The minimum atomic E-state index is -0.511. The summed E-state index contributed by atoms with van der Waals surface area (Å²) in [6, 6.07) is 15.4. The molecule has 0 bridgehead atoms. The average molecular weight is 474 g/mol. The van der Waals surface area contributed by atoms with Crippen molar-refractivity contribution in [2.45, 2.75) is 34.6 Å². The molecule has 0 saturated carbocycles. The maximum absolute atomic E-state index is 13.4. The fourth-order valence-electron chi connectivity index (χ4n) is 4.12. The molecule has 4 rings (SSSR count). The van der Waals surface area contributed by atoms with Crippen LogP contribution >= 0.6 is 12.2 Å². The van der Waals surface area contributed by atoms with E-state index in [9.17, 15) is 9.59 Å². The van der Waals surface area contributed by atoms with E-state index in [1.54, 1.807) is 30.3 Å². The van der Waals surface area contributed by atoms with Gasteiger partial charge in [0.1, 0.15) is 11.3 Å². The van der Waals surface area contributed by atoms with Crippen LogP contribution in [0.4, 0.5) is 5.69 Å². The third-order valence-corrected chi connectivity index (χ3v) is 6.29. The van der Waals surface area contributed by atoms with Crippen molar-refractivity contribution in [1.82, 2.24) is 9.88 Å². The molecule has 1 saturated heterocycles. The third-order valence-electron chi connectivity index (χ3n) is 6.01. The van der Waals surface area contributed by atoms with E-state index in [2.05, 4.69) is 41.9 Å². The lowest BCUT2D eigenvalue weighted by Gasteiger charge is -2.29. The first-order chi connectivity index (χ1) is 16.2. The lowest BCUT2D eigenvalue weighted by Crippen LogP contribution is -2.54. The number of ether oxygens (including phenoxy) is 1. The normalized spacial score (nSPS) is 15.1. The van der Waals surface area contributed by atoms with Crippen LogP contribution in [-0.2, 0) is 9.59 Å². The highest BCUT2D eigenvalue weighted by atomic mass is 32.1. The van der Waals surface area contributed by atoms with Crippen LogP contribution in [0.1, 0.15) is 35.0 Å². The molecule has 2 amide bonds. The molecule has 2 heterocycles. The summed E-state index contributed by atoms with van der Waals surface area (Å²) in [5.41, 5.74) is 6.76. The highest BCUT2D eigenvalue weighted by Gasteiger charge is 2.35. The van der Waals surface area contributed by atoms with Crippen LogP contribution < -0.4 is 15.0 Å². The van der Waals surface area contributed by atoms with Crippen molar-refractivity contribution in [2.24, 2.45) is 0 Å². The maximum atomic E-state index is 13.4. The highest BCUT2D eigenvalue weighted by Crippen LogP contribution is 2.28. The molecule has 1 fully saturated rings. The zero-order chi connectivity index (χ0) is 24.6. The number of aryl methyl sites for hydroxylation is 3. The third kappa shape index (κ3) is 4.26. The summed E-state index contributed by atoms with van der Waals surface area (Å²) < 4.78 is 7.68. The van der Waals surface area contributed by atoms with E-state index in [1.807, 2.05) is 26.8 Å². The van der Waals surface area contributed by atoms with Crippen LogP contribution in [0.5, 0.6) is 5.75 Å². The number of thiocarbonyl (C=S) groups is 1. The molecule has 6 nitrogen and oxygen atoms in total. The first-order valence-corrected chi connectivity index (χ1v) is 11.5. The average Bonchev–Trinajstić information content (AvgIpc) is 3.06. The summed E-state index contributed by atoms with van der Waals surface area (Å²) in [7, 11) is 0. The molecule has 0 radical (unpaired) electrons. The van der Waals surface area contributed by atoms with E-state index >= 15 is 0 Å². The number of rotatable bonds is 5. The molecule has 0 atom stereocenters. The van der Waals surface area contributed by atoms with Crippen molar-refractivity contribution in [1.29, 1.82) is 0 Å². The molecule has 7 heteroatoms. The molecule has 0 aliphatic carbocycles. The largest absolute Gasteiger partial charge is 0.494 e. The van der Waals surface area contributed by atoms with Gasteiger partial charge in [0, 0.05) is 23.1 Å². The Morgan fingerprint density at radius 3 is 2.44 bits per heavy atom. The number of amides is 2. The summed E-state index contributed by atoms with van der Waals surface area (Å²) in [5, 5.41) is 2.69.